The summed E-state index contributed by atoms with van der Waals surface area (Å²) in [6.07, 6.45) is 0.194. The zero-order chi connectivity index (χ0) is 13.1. The molecule has 1 fully saturated rings. The number of rotatable bonds is 3. The monoisotopic (exact) mass is 273 g/mol. The molecule has 2 atom stereocenters. The van der Waals surface area contributed by atoms with Crippen molar-refractivity contribution in [1.82, 2.24) is 5.32 Å². The van der Waals surface area contributed by atoms with Gasteiger partial charge in [0, 0.05) is 18.0 Å². The Morgan fingerprint density at radius 2 is 2.33 bits per heavy atom. The van der Waals surface area contributed by atoms with Crippen LogP contribution in [0, 0.1) is 5.82 Å². The van der Waals surface area contributed by atoms with Crippen molar-refractivity contribution in [1.29, 1.82) is 0 Å². The topological polar surface area (TPSA) is 47.6 Å². The standard InChI is InChI=1S/C12H13ClFNO3/c1-17-12(16)10-5-8(6-15-10)18-11-3-2-7(13)4-9(11)14/h2-4,8,10,15H,5-6H2,1H3/t8?,10-/m0/s1. The summed E-state index contributed by atoms with van der Waals surface area (Å²) >= 11 is 5.65. The average molecular weight is 274 g/mol. The second-order valence-corrected chi connectivity index (χ2v) is 4.47. The molecule has 0 saturated carbocycles. The zero-order valence-electron chi connectivity index (χ0n) is 9.78. The highest BCUT2D eigenvalue weighted by molar-refractivity contribution is 6.30. The molecule has 0 aliphatic carbocycles. The number of carbonyl (C=O) groups excluding carboxylic acids is 1. The minimum atomic E-state index is -0.510. The SMILES string of the molecule is COC(=O)[C@@H]1CC(Oc2ccc(Cl)cc2F)CN1. The first-order valence-electron chi connectivity index (χ1n) is 5.53. The van der Waals surface area contributed by atoms with E-state index in [0.717, 1.165) is 0 Å². The smallest absolute Gasteiger partial charge is 0.323 e. The van der Waals surface area contributed by atoms with Gasteiger partial charge >= 0.3 is 5.97 Å². The van der Waals surface area contributed by atoms with E-state index in [-0.39, 0.29) is 17.8 Å². The molecule has 1 aromatic rings. The molecule has 98 valence electrons. The van der Waals surface area contributed by atoms with Gasteiger partial charge in [-0.05, 0) is 18.2 Å². The summed E-state index contributed by atoms with van der Waals surface area (Å²) in [7, 11) is 1.33. The average Bonchev–Trinajstić information content (AvgIpc) is 2.80. The van der Waals surface area contributed by atoms with Gasteiger partial charge in [-0.15, -0.1) is 0 Å². The fraction of sp³-hybridized carbons (Fsp3) is 0.417. The fourth-order valence-electron chi connectivity index (χ4n) is 1.87. The second-order valence-electron chi connectivity index (χ2n) is 4.03. The van der Waals surface area contributed by atoms with Crippen LogP contribution in [0.4, 0.5) is 4.39 Å². The Balaban J connectivity index is 1.97. The molecule has 1 unspecified atom stereocenters. The molecule has 2 rings (SSSR count). The molecule has 18 heavy (non-hydrogen) atoms. The molecule has 0 spiro atoms. The van der Waals surface area contributed by atoms with Gasteiger partial charge in [-0.3, -0.25) is 4.79 Å². The molecule has 0 bridgehead atoms. The molecule has 6 heteroatoms. The van der Waals surface area contributed by atoms with E-state index in [2.05, 4.69) is 10.1 Å². The highest BCUT2D eigenvalue weighted by atomic mass is 35.5. The number of hydrogen-bond donors (Lipinski definition) is 1. The predicted molar refractivity (Wildman–Crippen MR) is 64.2 cm³/mol. The van der Waals surface area contributed by atoms with E-state index < -0.39 is 11.9 Å². The summed E-state index contributed by atoms with van der Waals surface area (Å²) in [5, 5.41) is 3.28. The summed E-state index contributed by atoms with van der Waals surface area (Å²) in [5.41, 5.74) is 0. The van der Waals surface area contributed by atoms with Gasteiger partial charge in [-0.2, -0.15) is 0 Å². The van der Waals surface area contributed by atoms with Crippen molar-refractivity contribution < 1.29 is 18.7 Å². The molecular formula is C12H13ClFNO3. The molecule has 4 nitrogen and oxygen atoms in total. The van der Waals surface area contributed by atoms with Crippen LogP contribution < -0.4 is 10.1 Å². The first-order chi connectivity index (χ1) is 8.60. The molecule has 1 aliphatic heterocycles. The van der Waals surface area contributed by atoms with Gasteiger partial charge in [-0.25, -0.2) is 4.39 Å². The van der Waals surface area contributed by atoms with E-state index in [0.29, 0.717) is 18.0 Å². The van der Waals surface area contributed by atoms with Crippen molar-refractivity contribution >= 4 is 17.6 Å². The normalized spacial score (nSPS) is 22.8. The lowest BCUT2D eigenvalue weighted by Gasteiger charge is -2.13. The predicted octanol–water partition coefficient (Wildman–Crippen LogP) is 1.76. The number of carbonyl (C=O) groups is 1. The third-order valence-corrected chi connectivity index (χ3v) is 3.00. The van der Waals surface area contributed by atoms with Crippen LogP contribution in [0.3, 0.4) is 0 Å². The van der Waals surface area contributed by atoms with Gasteiger partial charge in [-0.1, -0.05) is 11.6 Å². The third-order valence-electron chi connectivity index (χ3n) is 2.76. The molecule has 0 aromatic heterocycles. The number of methoxy groups -OCH3 is 1. The lowest BCUT2D eigenvalue weighted by atomic mass is 10.2. The van der Waals surface area contributed by atoms with E-state index in [4.69, 9.17) is 16.3 Å². The second kappa shape index (κ2) is 5.54. The van der Waals surface area contributed by atoms with Gasteiger partial charge in [0.05, 0.1) is 7.11 Å². The molecule has 1 aliphatic rings. The number of benzene rings is 1. The molecular weight excluding hydrogens is 261 g/mol. The van der Waals surface area contributed by atoms with Crippen molar-refractivity contribution in [2.45, 2.75) is 18.6 Å². The molecule has 1 heterocycles. The summed E-state index contributed by atoms with van der Waals surface area (Å²) in [4.78, 5) is 11.3. The van der Waals surface area contributed by atoms with Crippen molar-refractivity contribution in [3.05, 3.63) is 29.0 Å². The minimum absolute atomic E-state index is 0.136. The molecule has 0 radical (unpaired) electrons. The summed E-state index contributed by atoms with van der Waals surface area (Å²) in [5.74, 6) is -0.710. The maximum atomic E-state index is 13.5. The van der Waals surface area contributed by atoms with Crippen molar-refractivity contribution in [3.63, 3.8) is 0 Å². The maximum Gasteiger partial charge on any atom is 0.323 e. The third kappa shape index (κ3) is 2.91. The van der Waals surface area contributed by atoms with Crippen LogP contribution >= 0.6 is 11.6 Å². The van der Waals surface area contributed by atoms with E-state index in [9.17, 15) is 9.18 Å². The Morgan fingerprint density at radius 1 is 1.56 bits per heavy atom. The number of nitrogens with one attached hydrogen (secondary N) is 1. The number of esters is 1. The van der Waals surface area contributed by atoms with Gasteiger partial charge < -0.3 is 14.8 Å². The molecule has 0 amide bonds. The Morgan fingerprint density at radius 3 is 3.00 bits per heavy atom. The van der Waals surface area contributed by atoms with Gasteiger partial charge in [0.25, 0.3) is 0 Å². The van der Waals surface area contributed by atoms with Crippen LogP contribution in [-0.4, -0.2) is 31.8 Å². The van der Waals surface area contributed by atoms with Crippen LogP contribution in [0.1, 0.15) is 6.42 Å². The van der Waals surface area contributed by atoms with E-state index in [1.807, 2.05) is 0 Å². The Kier molecular flexibility index (Phi) is 4.04. The highest BCUT2D eigenvalue weighted by Crippen LogP contribution is 2.24. The Bertz CT molecular complexity index is 455. The maximum absolute atomic E-state index is 13.5. The minimum Gasteiger partial charge on any atom is -0.486 e. The molecule has 1 N–H and O–H groups in total. The zero-order valence-corrected chi connectivity index (χ0v) is 10.5. The van der Waals surface area contributed by atoms with Gasteiger partial charge in [0.1, 0.15) is 12.1 Å². The van der Waals surface area contributed by atoms with Crippen molar-refractivity contribution in [3.8, 4) is 5.75 Å². The number of ether oxygens (including phenoxy) is 2. The lowest BCUT2D eigenvalue weighted by Crippen LogP contribution is -2.31. The quantitative estimate of drug-likeness (QED) is 0.853. The molecule has 1 saturated heterocycles. The molecule has 1 aromatic carbocycles. The first kappa shape index (κ1) is 13.1. The Hall–Kier alpha value is -1.33. The summed E-state index contributed by atoms with van der Waals surface area (Å²) in [6, 6.07) is 3.83. The largest absolute Gasteiger partial charge is 0.486 e. The van der Waals surface area contributed by atoms with Gasteiger partial charge in [0.2, 0.25) is 0 Å². The lowest BCUT2D eigenvalue weighted by molar-refractivity contribution is -0.142. The van der Waals surface area contributed by atoms with Crippen LogP contribution in [0.15, 0.2) is 18.2 Å². The highest BCUT2D eigenvalue weighted by Gasteiger charge is 2.31. The number of halogens is 2. The summed E-state index contributed by atoms with van der Waals surface area (Å²) in [6.45, 7) is 0.474. The van der Waals surface area contributed by atoms with Crippen molar-refractivity contribution in [2.24, 2.45) is 0 Å². The van der Waals surface area contributed by atoms with Gasteiger partial charge in [0.15, 0.2) is 11.6 Å². The first-order valence-corrected chi connectivity index (χ1v) is 5.91. The van der Waals surface area contributed by atoms with E-state index in [1.165, 1.54) is 19.2 Å². The van der Waals surface area contributed by atoms with E-state index in [1.54, 1.807) is 6.07 Å². The fourth-order valence-corrected chi connectivity index (χ4v) is 2.02. The van der Waals surface area contributed by atoms with Crippen LogP contribution in [-0.2, 0) is 9.53 Å². The van der Waals surface area contributed by atoms with Crippen molar-refractivity contribution in [2.75, 3.05) is 13.7 Å². The van der Waals surface area contributed by atoms with Crippen LogP contribution in [0.2, 0.25) is 5.02 Å². The number of hydrogen-bond acceptors (Lipinski definition) is 4. The summed E-state index contributed by atoms with van der Waals surface area (Å²) < 4.78 is 23.6. The Labute approximate surface area is 109 Å². The van der Waals surface area contributed by atoms with E-state index >= 15 is 0 Å². The van der Waals surface area contributed by atoms with Crippen LogP contribution in [0.5, 0.6) is 5.75 Å². The van der Waals surface area contributed by atoms with Crippen LogP contribution in [0.25, 0.3) is 0 Å².